The highest BCUT2D eigenvalue weighted by atomic mass is 127. The molecule has 0 saturated carbocycles. The van der Waals surface area contributed by atoms with Gasteiger partial charge in [0.1, 0.15) is 4.90 Å². The van der Waals surface area contributed by atoms with Crippen molar-refractivity contribution >= 4 is 96.5 Å². The minimum atomic E-state index is -4.17. The van der Waals surface area contributed by atoms with Gasteiger partial charge in [0.05, 0.1) is 22.1 Å². The summed E-state index contributed by atoms with van der Waals surface area (Å²) in [5.74, 6) is -0.403. The number of methoxy groups -OCH3 is 1. The van der Waals surface area contributed by atoms with Crippen molar-refractivity contribution in [3.63, 3.8) is 0 Å². The summed E-state index contributed by atoms with van der Waals surface area (Å²) in [6, 6.07) is 13.6. The van der Waals surface area contributed by atoms with E-state index in [1.807, 2.05) is 22.6 Å². The molecule has 2 amide bonds. The third-order valence-electron chi connectivity index (χ3n) is 5.10. The molecule has 3 aromatic rings. The molecule has 1 aliphatic rings. The number of hydrogen-bond donors (Lipinski definition) is 0. The SMILES string of the molecule is COc1cc(/C=C2\SC(=O)N(Cc3c(Cl)cccc3Cl)C2=O)cc(I)c1OS(=O)(=O)c1ccc(Cl)cc1. The second-order valence-corrected chi connectivity index (χ2v) is 12.4. The fraction of sp³-hybridized carbons (Fsp3) is 0.0833. The Hall–Kier alpha value is -1.96. The topological polar surface area (TPSA) is 90.0 Å². The van der Waals surface area contributed by atoms with Gasteiger partial charge in [0.25, 0.3) is 11.1 Å². The van der Waals surface area contributed by atoms with E-state index >= 15 is 0 Å². The molecule has 1 heterocycles. The minimum Gasteiger partial charge on any atom is -0.493 e. The van der Waals surface area contributed by atoms with Crippen LogP contribution < -0.4 is 8.92 Å². The maximum atomic E-state index is 13.0. The molecular weight excluding hydrogens is 696 g/mol. The Balaban J connectivity index is 1.61. The molecule has 0 aliphatic carbocycles. The monoisotopic (exact) mass is 709 g/mol. The molecule has 7 nitrogen and oxygen atoms in total. The molecule has 1 fully saturated rings. The van der Waals surface area contributed by atoms with Crippen molar-refractivity contribution in [2.75, 3.05) is 7.11 Å². The largest absolute Gasteiger partial charge is 0.493 e. The Kier molecular flexibility index (Phi) is 8.66. The molecule has 0 unspecified atom stereocenters. The second kappa shape index (κ2) is 11.4. The number of thioether (sulfide) groups is 1. The molecule has 3 aromatic carbocycles. The van der Waals surface area contributed by atoms with Crippen LogP contribution in [-0.4, -0.2) is 31.6 Å². The van der Waals surface area contributed by atoms with Crippen molar-refractivity contribution in [1.29, 1.82) is 0 Å². The molecule has 4 rings (SSSR count). The predicted octanol–water partition coefficient (Wildman–Crippen LogP) is 7.26. The van der Waals surface area contributed by atoms with Crippen LogP contribution in [0, 0.1) is 3.57 Å². The van der Waals surface area contributed by atoms with E-state index in [2.05, 4.69) is 0 Å². The number of ether oxygens (including phenoxy) is 1. The third kappa shape index (κ3) is 6.21. The van der Waals surface area contributed by atoms with Gasteiger partial charge in [-0.2, -0.15) is 8.42 Å². The fourth-order valence-electron chi connectivity index (χ4n) is 3.29. The summed E-state index contributed by atoms with van der Waals surface area (Å²) < 4.78 is 36.7. The van der Waals surface area contributed by atoms with Gasteiger partial charge >= 0.3 is 10.1 Å². The first-order valence-corrected chi connectivity index (χ1v) is 14.7. The van der Waals surface area contributed by atoms with Gasteiger partial charge in [-0.05, 0) is 94.5 Å². The smallest absolute Gasteiger partial charge is 0.339 e. The van der Waals surface area contributed by atoms with E-state index in [1.54, 1.807) is 24.3 Å². The van der Waals surface area contributed by atoms with Crippen molar-refractivity contribution in [3.05, 3.63) is 89.3 Å². The molecule has 0 atom stereocenters. The Morgan fingerprint density at radius 1 is 1.03 bits per heavy atom. The first-order valence-electron chi connectivity index (χ1n) is 10.3. The number of imide groups is 1. The molecule has 1 aliphatic heterocycles. The summed E-state index contributed by atoms with van der Waals surface area (Å²) in [4.78, 5) is 26.7. The summed E-state index contributed by atoms with van der Waals surface area (Å²) >= 11 is 20.9. The molecule has 0 radical (unpaired) electrons. The number of nitrogens with zero attached hydrogens (tertiary/aromatic N) is 1. The van der Waals surface area contributed by atoms with Crippen LogP contribution in [0.4, 0.5) is 4.79 Å². The first-order chi connectivity index (χ1) is 17.5. The van der Waals surface area contributed by atoms with Crippen LogP contribution in [0.25, 0.3) is 6.08 Å². The van der Waals surface area contributed by atoms with E-state index in [-0.39, 0.29) is 27.8 Å². The second-order valence-electron chi connectivity index (χ2n) is 7.49. The first kappa shape index (κ1) is 28.1. The van der Waals surface area contributed by atoms with Crippen molar-refractivity contribution < 1.29 is 26.9 Å². The number of amides is 2. The zero-order valence-electron chi connectivity index (χ0n) is 18.7. The number of halogens is 4. The summed E-state index contributed by atoms with van der Waals surface area (Å²) in [5.41, 5.74) is 0.966. The highest BCUT2D eigenvalue weighted by molar-refractivity contribution is 14.1. The molecule has 37 heavy (non-hydrogen) atoms. The van der Waals surface area contributed by atoms with Crippen LogP contribution >= 0.6 is 69.2 Å². The fourth-order valence-corrected chi connectivity index (χ4v) is 6.62. The van der Waals surface area contributed by atoms with E-state index < -0.39 is 21.3 Å². The predicted molar refractivity (Wildman–Crippen MR) is 153 cm³/mol. The average molecular weight is 711 g/mol. The zero-order valence-corrected chi connectivity index (χ0v) is 24.8. The highest BCUT2D eigenvalue weighted by Crippen LogP contribution is 2.39. The Bertz CT molecular complexity index is 1520. The third-order valence-corrected chi connectivity index (χ3v) is 9.00. The molecular formula is C24H15Cl3INO6S2. The maximum absolute atomic E-state index is 13.0. The van der Waals surface area contributed by atoms with Gasteiger partial charge in [0, 0.05) is 20.6 Å². The van der Waals surface area contributed by atoms with E-state index in [0.717, 1.165) is 16.7 Å². The molecule has 0 N–H and O–H groups in total. The van der Waals surface area contributed by atoms with Crippen molar-refractivity contribution in [2.45, 2.75) is 11.4 Å². The normalized spacial score (nSPS) is 14.9. The van der Waals surface area contributed by atoms with Crippen molar-refractivity contribution in [3.8, 4) is 11.5 Å². The Morgan fingerprint density at radius 2 is 1.68 bits per heavy atom. The summed E-state index contributed by atoms with van der Waals surface area (Å²) in [7, 11) is -2.81. The van der Waals surface area contributed by atoms with E-state index in [0.29, 0.717) is 29.8 Å². The van der Waals surface area contributed by atoms with Gasteiger partial charge in [0.2, 0.25) is 0 Å². The lowest BCUT2D eigenvalue weighted by molar-refractivity contribution is -0.123. The van der Waals surface area contributed by atoms with E-state index in [9.17, 15) is 18.0 Å². The average Bonchev–Trinajstić information content (AvgIpc) is 3.10. The quantitative estimate of drug-likeness (QED) is 0.145. The molecule has 0 bridgehead atoms. The maximum Gasteiger partial charge on any atom is 0.339 e. The van der Waals surface area contributed by atoms with Gasteiger partial charge in [-0.1, -0.05) is 40.9 Å². The molecule has 1 saturated heterocycles. The zero-order chi connectivity index (χ0) is 26.9. The van der Waals surface area contributed by atoms with Crippen molar-refractivity contribution in [2.24, 2.45) is 0 Å². The summed E-state index contributed by atoms with van der Waals surface area (Å²) in [5, 5.41) is 0.607. The summed E-state index contributed by atoms with van der Waals surface area (Å²) in [6.45, 7) is -0.0727. The van der Waals surface area contributed by atoms with Crippen LogP contribution in [0.15, 0.2) is 64.4 Å². The lowest BCUT2D eigenvalue weighted by atomic mass is 10.1. The van der Waals surface area contributed by atoms with Gasteiger partial charge in [0.15, 0.2) is 11.5 Å². The van der Waals surface area contributed by atoms with Crippen LogP contribution in [0.3, 0.4) is 0 Å². The highest BCUT2D eigenvalue weighted by Gasteiger charge is 2.36. The van der Waals surface area contributed by atoms with Gasteiger partial charge in [-0.25, -0.2) is 0 Å². The van der Waals surface area contributed by atoms with Crippen LogP contribution in [0.1, 0.15) is 11.1 Å². The van der Waals surface area contributed by atoms with Crippen LogP contribution in [0.2, 0.25) is 15.1 Å². The lowest BCUT2D eigenvalue weighted by Gasteiger charge is -2.15. The summed E-state index contributed by atoms with van der Waals surface area (Å²) in [6.07, 6.45) is 1.52. The molecule has 0 aromatic heterocycles. The number of hydrogen-bond acceptors (Lipinski definition) is 7. The van der Waals surface area contributed by atoms with E-state index in [4.69, 9.17) is 43.7 Å². The van der Waals surface area contributed by atoms with Crippen LogP contribution in [-0.2, 0) is 21.5 Å². The van der Waals surface area contributed by atoms with Crippen LogP contribution in [0.5, 0.6) is 11.5 Å². The van der Waals surface area contributed by atoms with E-state index in [1.165, 1.54) is 43.5 Å². The lowest BCUT2D eigenvalue weighted by Crippen LogP contribution is -2.27. The number of rotatable bonds is 7. The number of carbonyl (C=O) groups excluding carboxylic acids is 2. The molecule has 13 heteroatoms. The molecule has 192 valence electrons. The number of carbonyl (C=O) groups is 2. The minimum absolute atomic E-state index is 0.0170. The van der Waals surface area contributed by atoms with Gasteiger partial charge in [-0.3, -0.25) is 14.5 Å². The Labute approximate surface area is 245 Å². The standard InChI is InChI=1S/C24H15Cl3INO6S2/c1-34-20-10-13(9-19(28)22(20)35-37(32,33)15-7-5-14(25)6-8-15)11-21-23(30)29(24(31)36-21)12-16-17(26)3-2-4-18(16)27/h2-11H,12H2,1H3/b21-11-. The number of benzene rings is 3. The van der Waals surface area contributed by atoms with Gasteiger partial charge < -0.3 is 8.92 Å². The Morgan fingerprint density at radius 3 is 2.30 bits per heavy atom. The van der Waals surface area contributed by atoms with Gasteiger partial charge in [-0.15, -0.1) is 0 Å². The molecule has 0 spiro atoms. The van der Waals surface area contributed by atoms with Crippen molar-refractivity contribution in [1.82, 2.24) is 4.90 Å².